The first-order chi connectivity index (χ1) is 14.7. The summed E-state index contributed by atoms with van der Waals surface area (Å²) in [6.45, 7) is 7.99. The van der Waals surface area contributed by atoms with Crippen molar-refractivity contribution in [1.29, 1.82) is 5.26 Å². The molecule has 2 N–H and O–H groups in total. The number of nitrogens with zero attached hydrogens (tertiary/aromatic N) is 4. The molecule has 31 heavy (non-hydrogen) atoms. The number of benzene rings is 1. The quantitative estimate of drug-likeness (QED) is 0.786. The van der Waals surface area contributed by atoms with Gasteiger partial charge in [0.2, 0.25) is 5.91 Å². The standard InChI is InChI=1S/C23H30N6O2/c1-23(2,3)19(22(31)25-4)27-21(30)18-17-14-28(5)11-6-12-29(17)20(26-18)16-9-7-15(13-24)8-10-16/h7-10,19H,6,11-12,14H2,1-5H3,(H,25,31)(H,27,30)/t19-/m1/s1. The van der Waals surface area contributed by atoms with Crippen molar-refractivity contribution in [2.24, 2.45) is 5.41 Å². The van der Waals surface area contributed by atoms with Gasteiger partial charge in [-0.25, -0.2) is 4.98 Å². The zero-order valence-electron chi connectivity index (χ0n) is 18.8. The molecule has 2 amide bonds. The summed E-state index contributed by atoms with van der Waals surface area (Å²) in [6.07, 6.45) is 0.938. The molecule has 2 heterocycles. The normalized spacial score (nSPS) is 15.4. The third-order valence-corrected chi connectivity index (χ3v) is 5.55. The molecule has 1 aliphatic heterocycles. The van der Waals surface area contributed by atoms with Crippen LogP contribution in [0.1, 0.15) is 48.9 Å². The first kappa shape index (κ1) is 22.5. The predicted octanol–water partition coefficient (Wildman–Crippen LogP) is 2.15. The number of aromatic nitrogens is 2. The first-order valence-electron chi connectivity index (χ1n) is 10.5. The Morgan fingerprint density at radius 3 is 2.45 bits per heavy atom. The second-order valence-corrected chi connectivity index (χ2v) is 9.05. The summed E-state index contributed by atoms with van der Waals surface area (Å²) < 4.78 is 2.09. The van der Waals surface area contributed by atoms with Gasteiger partial charge in [-0.1, -0.05) is 20.8 Å². The van der Waals surface area contributed by atoms with Crippen LogP contribution in [0.25, 0.3) is 11.4 Å². The largest absolute Gasteiger partial charge is 0.357 e. The Labute approximate surface area is 183 Å². The van der Waals surface area contributed by atoms with Gasteiger partial charge in [-0.3, -0.25) is 9.59 Å². The molecule has 164 valence electrons. The van der Waals surface area contributed by atoms with Crippen LogP contribution in [0.15, 0.2) is 24.3 Å². The number of hydrogen-bond donors (Lipinski definition) is 2. The number of carbonyl (C=O) groups excluding carboxylic acids is 2. The van der Waals surface area contributed by atoms with Crippen LogP contribution >= 0.6 is 0 Å². The Hall–Kier alpha value is -3.18. The van der Waals surface area contributed by atoms with Crippen molar-refractivity contribution in [2.75, 3.05) is 20.6 Å². The third-order valence-electron chi connectivity index (χ3n) is 5.55. The zero-order chi connectivity index (χ0) is 22.8. The molecule has 1 aliphatic rings. The molecular formula is C23H30N6O2. The van der Waals surface area contributed by atoms with Crippen LogP contribution in [-0.4, -0.2) is 52.9 Å². The van der Waals surface area contributed by atoms with E-state index in [1.807, 2.05) is 40.0 Å². The van der Waals surface area contributed by atoms with E-state index in [4.69, 9.17) is 10.2 Å². The number of nitriles is 1. The maximum Gasteiger partial charge on any atom is 0.272 e. The molecule has 2 aromatic rings. The molecule has 3 rings (SSSR count). The van der Waals surface area contributed by atoms with Gasteiger partial charge in [0.25, 0.3) is 5.91 Å². The van der Waals surface area contributed by atoms with Gasteiger partial charge in [0, 0.05) is 25.7 Å². The van der Waals surface area contributed by atoms with Crippen LogP contribution in [0.2, 0.25) is 0 Å². The highest BCUT2D eigenvalue weighted by Gasteiger charge is 2.34. The second-order valence-electron chi connectivity index (χ2n) is 9.05. The van der Waals surface area contributed by atoms with E-state index in [9.17, 15) is 9.59 Å². The van der Waals surface area contributed by atoms with E-state index in [0.29, 0.717) is 23.6 Å². The SMILES string of the molecule is CNC(=O)[C@@H](NC(=O)c1nc(-c2ccc(C#N)cc2)n2c1CN(C)CCC2)C(C)(C)C. The Morgan fingerprint density at radius 1 is 1.19 bits per heavy atom. The number of nitrogens with one attached hydrogen (secondary N) is 2. The van der Waals surface area contributed by atoms with Crippen LogP contribution < -0.4 is 10.6 Å². The maximum absolute atomic E-state index is 13.3. The molecule has 0 aliphatic carbocycles. The fourth-order valence-corrected chi connectivity index (χ4v) is 3.84. The fraction of sp³-hybridized carbons (Fsp3) is 0.478. The van der Waals surface area contributed by atoms with Crippen LogP contribution in [-0.2, 0) is 17.9 Å². The summed E-state index contributed by atoms with van der Waals surface area (Å²) >= 11 is 0. The van der Waals surface area contributed by atoms with Crippen molar-refractivity contribution < 1.29 is 9.59 Å². The smallest absolute Gasteiger partial charge is 0.272 e. The fourth-order valence-electron chi connectivity index (χ4n) is 3.84. The summed E-state index contributed by atoms with van der Waals surface area (Å²) in [7, 11) is 3.59. The monoisotopic (exact) mass is 422 g/mol. The van der Waals surface area contributed by atoms with Gasteiger partial charge in [-0.2, -0.15) is 5.26 Å². The lowest BCUT2D eigenvalue weighted by atomic mass is 9.86. The number of carbonyl (C=O) groups is 2. The minimum atomic E-state index is -0.691. The van der Waals surface area contributed by atoms with Gasteiger partial charge in [-0.15, -0.1) is 0 Å². The number of fused-ring (bicyclic) bond motifs is 1. The number of rotatable bonds is 4. The topological polar surface area (TPSA) is 103 Å². The minimum Gasteiger partial charge on any atom is -0.357 e. The van der Waals surface area contributed by atoms with E-state index >= 15 is 0 Å². The van der Waals surface area contributed by atoms with Crippen molar-refractivity contribution in [2.45, 2.75) is 46.3 Å². The molecule has 0 bridgehead atoms. The summed E-state index contributed by atoms with van der Waals surface area (Å²) in [6, 6.07) is 8.64. The van der Waals surface area contributed by atoms with E-state index < -0.39 is 11.5 Å². The zero-order valence-corrected chi connectivity index (χ0v) is 18.8. The second kappa shape index (κ2) is 8.90. The molecule has 1 aromatic carbocycles. The van der Waals surface area contributed by atoms with Crippen LogP contribution in [0.3, 0.4) is 0 Å². The van der Waals surface area contributed by atoms with Gasteiger partial charge in [0.1, 0.15) is 11.9 Å². The van der Waals surface area contributed by atoms with E-state index in [1.54, 1.807) is 19.2 Å². The van der Waals surface area contributed by atoms with Crippen molar-refractivity contribution in [3.8, 4) is 17.5 Å². The number of likely N-dealkylation sites (N-methyl/N-ethyl adjacent to an activating group) is 1. The molecule has 0 fully saturated rings. The lowest BCUT2D eigenvalue weighted by Gasteiger charge is -2.29. The Balaban J connectivity index is 2.05. The highest BCUT2D eigenvalue weighted by molar-refractivity contribution is 5.97. The highest BCUT2D eigenvalue weighted by atomic mass is 16.2. The summed E-state index contributed by atoms with van der Waals surface area (Å²) in [5.74, 6) is 0.102. The Morgan fingerprint density at radius 2 is 1.87 bits per heavy atom. The average molecular weight is 423 g/mol. The van der Waals surface area contributed by atoms with Crippen LogP contribution in [0.4, 0.5) is 0 Å². The lowest BCUT2D eigenvalue weighted by molar-refractivity contribution is -0.124. The van der Waals surface area contributed by atoms with Crippen molar-refractivity contribution in [1.82, 2.24) is 25.1 Å². The summed E-state index contributed by atoms with van der Waals surface area (Å²) in [5, 5.41) is 14.6. The van der Waals surface area contributed by atoms with E-state index in [2.05, 4.69) is 26.2 Å². The average Bonchev–Trinajstić information content (AvgIpc) is 2.97. The molecule has 1 atom stereocenters. The van der Waals surface area contributed by atoms with E-state index in [1.165, 1.54) is 0 Å². The van der Waals surface area contributed by atoms with Crippen LogP contribution in [0, 0.1) is 16.7 Å². The first-order valence-corrected chi connectivity index (χ1v) is 10.5. The maximum atomic E-state index is 13.3. The molecule has 0 unspecified atom stereocenters. The van der Waals surface area contributed by atoms with Gasteiger partial charge in [0.05, 0.1) is 17.3 Å². The number of amides is 2. The van der Waals surface area contributed by atoms with Crippen LogP contribution in [0.5, 0.6) is 0 Å². The van der Waals surface area contributed by atoms with Gasteiger partial charge in [0.15, 0.2) is 5.69 Å². The minimum absolute atomic E-state index is 0.240. The molecule has 1 aromatic heterocycles. The molecular weight excluding hydrogens is 392 g/mol. The highest BCUT2D eigenvalue weighted by Crippen LogP contribution is 2.27. The molecule has 8 nitrogen and oxygen atoms in total. The molecule has 0 saturated heterocycles. The predicted molar refractivity (Wildman–Crippen MR) is 118 cm³/mol. The molecule has 0 saturated carbocycles. The van der Waals surface area contributed by atoms with Crippen molar-refractivity contribution >= 4 is 11.8 Å². The number of imidazole rings is 1. The van der Waals surface area contributed by atoms with Gasteiger partial charge in [-0.05, 0) is 49.7 Å². The van der Waals surface area contributed by atoms with E-state index in [0.717, 1.165) is 30.8 Å². The lowest BCUT2D eigenvalue weighted by Crippen LogP contribution is -2.53. The molecule has 0 radical (unpaired) electrons. The Kier molecular flexibility index (Phi) is 6.46. The van der Waals surface area contributed by atoms with E-state index in [-0.39, 0.29) is 11.8 Å². The van der Waals surface area contributed by atoms with Crippen molar-refractivity contribution in [3.05, 3.63) is 41.2 Å². The summed E-state index contributed by atoms with van der Waals surface area (Å²) in [4.78, 5) is 32.6. The molecule has 0 spiro atoms. The summed E-state index contributed by atoms with van der Waals surface area (Å²) in [5.41, 5.74) is 2.14. The number of hydrogen-bond acceptors (Lipinski definition) is 5. The molecule has 8 heteroatoms. The third kappa shape index (κ3) is 4.78. The van der Waals surface area contributed by atoms with Gasteiger partial charge >= 0.3 is 0 Å². The van der Waals surface area contributed by atoms with Crippen molar-refractivity contribution in [3.63, 3.8) is 0 Å². The Bertz CT molecular complexity index is 1010. The van der Waals surface area contributed by atoms with Gasteiger partial charge < -0.3 is 20.1 Å².